The predicted octanol–water partition coefficient (Wildman–Crippen LogP) is 6.84. The van der Waals surface area contributed by atoms with E-state index in [1.165, 1.54) is 5.56 Å². The molecule has 0 saturated carbocycles. The number of oxime groups is 1. The van der Waals surface area contributed by atoms with Gasteiger partial charge in [0.25, 0.3) is 0 Å². The number of hydrogen-bond donors (Lipinski definition) is 0. The number of nitrogens with zero attached hydrogens (tertiary/aromatic N) is 1. The zero-order chi connectivity index (χ0) is 23.7. The van der Waals surface area contributed by atoms with Crippen LogP contribution in [0.15, 0.2) is 53.7 Å². The first-order valence-electron chi connectivity index (χ1n) is 11.9. The highest BCUT2D eigenvalue weighted by Gasteiger charge is 2.07. The Hall–Kier alpha value is -2.95. The molecule has 0 radical (unpaired) electrons. The van der Waals surface area contributed by atoms with Gasteiger partial charge >= 0.3 is 0 Å². The summed E-state index contributed by atoms with van der Waals surface area (Å²) in [4.78, 5) is 4.67. The lowest BCUT2D eigenvalue weighted by atomic mass is 10.1. The average Bonchev–Trinajstić information content (AvgIpc) is 2.81. The molecule has 33 heavy (non-hydrogen) atoms. The maximum absolute atomic E-state index is 6.06. The Bertz CT molecular complexity index is 836. The molecule has 0 heterocycles. The fraction of sp³-hybridized carbons (Fsp3) is 0.464. The van der Waals surface area contributed by atoms with E-state index in [4.69, 9.17) is 14.2 Å². The van der Waals surface area contributed by atoms with Crippen LogP contribution in [0, 0.1) is 13.8 Å². The summed E-state index contributed by atoms with van der Waals surface area (Å²) < 4.78 is 17.7. The van der Waals surface area contributed by atoms with E-state index in [0.717, 1.165) is 80.1 Å². The summed E-state index contributed by atoms with van der Waals surface area (Å²) >= 11 is 0. The summed E-state index contributed by atoms with van der Waals surface area (Å²) in [6.45, 7) is 8.21. The summed E-state index contributed by atoms with van der Waals surface area (Å²) in [6.07, 6.45) is 11.9. The van der Waals surface area contributed by atoms with Gasteiger partial charge in [0.2, 0.25) is 0 Å². The zero-order valence-corrected chi connectivity index (χ0v) is 20.6. The third-order valence-corrected chi connectivity index (χ3v) is 5.23. The van der Waals surface area contributed by atoms with Crippen molar-refractivity contribution in [1.29, 1.82) is 0 Å². The molecule has 0 aliphatic carbocycles. The molecule has 0 saturated heterocycles. The van der Waals surface area contributed by atoms with Crippen LogP contribution < -0.4 is 14.2 Å². The number of hydrogen-bond acceptors (Lipinski definition) is 5. The van der Waals surface area contributed by atoms with E-state index in [2.05, 4.69) is 36.0 Å². The molecule has 0 amide bonds. The van der Waals surface area contributed by atoms with Gasteiger partial charge in [-0.15, -0.1) is 0 Å². The molecule has 0 atom stereocenters. The highest BCUT2D eigenvalue weighted by Crippen LogP contribution is 2.28. The molecule has 0 fully saturated rings. The Labute approximate surface area is 199 Å². The summed E-state index contributed by atoms with van der Waals surface area (Å²) in [5.41, 5.74) is 3.51. The Morgan fingerprint density at radius 3 is 2.12 bits per heavy atom. The van der Waals surface area contributed by atoms with E-state index >= 15 is 0 Å². The maximum Gasteiger partial charge on any atom is 0.125 e. The van der Waals surface area contributed by atoms with Crippen LogP contribution >= 0.6 is 0 Å². The van der Waals surface area contributed by atoms with Crippen LogP contribution in [-0.2, 0) is 11.3 Å². The molecule has 0 aliphatic heterocycles. The summed E-state index contributed by atoms with van der Waals surface area (Å²) in [7, 11) is 1.56. The summed E-state index contributed by atoms with van der Waals surface area (Å²) in [6, 6.07) is 12.4. The number of allylic oxidation sites excluding steroid dienone is 1. The topological polar surface area (TPSA) is 49.3 Å². The quantitative estimate of drug-likeness (QED) is 0.121. The average molecular weight is 454 g/mol. The van der Waals surface area contributed by atoms with Crippen molar-refractivity contribution in [2.45, 2.75) is 59.3 Å². The Kier molecular flexibility index (Phi) is 12.6. The highest BCUT2D eigenvalue weighted by atomic mass is 16.6. The van der Waals surface area contributed by atoms with Gasteiger partial charge in [-0.25, -0.2) is 0 Å². The van der Waals surface area contributed by atoms with Gasteiger partial charge in [0.1, 0.15) is 31.0 Å². The lowest BCUT2D eigenvalue weighted by Gasteiger charge is -2.14. The van der Waals surface area contributed by atoms with Crippen molar-refractivity contribution in [3.8, 4) is 17.2 Å². The van der Waals surface area contributed by atoms with Crippen molar-refractivity contribution < 1.29 is 19.0 Å². The minimum absolute atomic E-state index is 0.593. The SMILES string of the molecule is C/C=C/COc1cc(C)c(OCCCCCCOc2ccc(CC/C=N/OC)cc2)c(C)c1. The van der Waals surface area contributed by atoms with Crippen molar-refractivity contribution in [2.24, 2.45) is 5.16 Å². The molecule has 0 bridgehead atoms. The molecular formula is C28H39NO4. The third kappa shape index (κ3) is 10.5. The van der Waals surface area contributed by atoms with Crippen LogP contribution in [-0.4, -0.2) is 33.1 Å². The minimum atomic E-state index is 0.593. The molecule has 2 rings (SSSR count). The van der Waals surface area contributed by atoms with Crippen molar-refractivity contribution in [3.63, 3.8) is 0 Å². The van der Waals surface area contributed by atoms with Crippen LogP contribution in [0.5, 0.6) is 17.2 Å². The number of unbranched alkanes of at least 4 members (excludes halogenated alkanes) is 3. The second-order valence-electron chi connectivity index (χ2n) is 8.03. The first-order chi connectivity index (χ1) is 16.1. The molecule has 0 spiro atoms. The van der Waals surface area contributed by atoms with E-state index < -0.39 is 0 Å². The van der Waals surface area contributed by atoms with Crippen molar-refractivity contribution in [2.75, 3.05) is 26.9 Å². The largest absolute Gasteiger partial charge is 0.494 e. The van der Waals surface area contributed by atoms with Gasteiger partial charge in [-0.2, -0.15) is 0 Å². The number of rotatable bonds is 16. The van der Waals surface area contributed by atoms with E-state index in [-0.39, 0.29) is 0 Å². The standard InChI is InChI=1S/C28H39NO4/c1-5-6-18-32-27-21-23(2)28(24(3)22-27)33-20-10-8-7-9-19-31-26-15-13-25(14-16-26)12-11-17-29-30-4/h5-6,13-17,21-22H,7-12,18-20H2,1-4H3/b6-5+,29-17+. The highest BCUT2D eigenvalue weighted by molar-refractivity contribution is 5.56. The Morgan fingerprint density at radius 2 is 1.48 bits per heavy atom. The summed E-state index contributed by atoms with van der Waals surface area (Å²) in [5.74, 6) is 2.80. The van der Waals surface area contributed by atoms with Crippen LogP contribution in [0.25, 0.3) is 0 Å². The minimum Gasteiger partial charge on any atom is -0.494 e. The Morgan fingerprint density at radius 1 is 0.818 bits per heavy atom. The van der Waals surface area contributed by atoms with Gasteiger partial charge in [0.15, 0.2) is 0 Å². The van der Waals surface area contributed by atoms with Crippen LogP contribution in [0.4, 0.5) is 0 Å². The molecule has 5 heteroatoms. The molecule has 0 unspecified atom stereocenters. The van der Waals surface area contributed by atoms with Crippen LogP contribution in [0.2, 0.25) is 0 Å². The molecular weight excluding hydrogens is 414 g/mol. The monoisotopic (exact) mass is 453 g/mol. The molecule has 180 valence electrons. The van der Waals surface area contributed by atoms with E-state index in [0.29, 0.717) is 6.61 Å². The van der Waals surface area contributed by atoms with Crippen molar-refractivity contribution in [3.05, 3.63) is 65.2 Å². The molecule has 2 aromatic carbocycles. The number of benzene rings is 2. The van der Waals surface area contributed by atoms with Gasteiger partial charge in [0, 0.05) is 6.21 Å². The van der Waals surface area contributed by atoms with E-state index in [1.807, 2.05) is 43.3 Å². The molecule has 0 N–H and O–H groups in total. The lowest BCUT2D eigenvalue weighted by molar-refractivity contribution is 0.214. The van der Waals surface area contributed by atoms with Gasteiger partial charge in [0.05, 0.1) is 13.2 Å². The van der Waals surface area contributed by atoms with Gasteiger partial charge in [-0.1, -0.05) is 29.4 Å². The second-order valence-corrected chi connectivity index (χ2v) is 8.03. The predicted molar refractivity (Wildman–Crippen MR) is 136 cm³/mol. The van der Waals surface area contributed by atoms with Gasteiger partial charge < -0.3 is 19.0 Å². The van der Waals surface area contributed by atoms with E-state index in [1.54, 1.807) is 13.3 Å². The van der Waals surface area contributed by atoms with Crippen LogP contribution in [0.1, 0.15) is 55.7 Å². The molecule has 2 aromatic rings. The number of ether oxygens (including phenoxy) is 3. The maximum atomic E-state index is 6.06. The lowest BCUT2D eigenvalue weighted by Crippen LogP contribution is -2.03. The number of aryl methyl sites for hydroxylation is 3. The normalized spacial score (nSPS) is 11.3. The van der Waals surface area contributed by atoms with Crippen molar-refractivity contribution in [1.82, 2.24) is 0 Å². The fourth-order valence-electron chi connectivity index (χ4n) is 3.49. The summed E-state index contributed by atoms with van der Waals surface area (Å²) in [5, 5.41) is 3.75. The first-order valence-corrected chi connectivity index (χ1v) is 11.9. The zero-order valence-electron chi connectivity index (χ0n) is 20.6. The molecule has 0 aliphatic rings. The molecule has 5 nitrogen and oxygen atoms in total. The molecule has 0 aromatic heterocycles. The first kappa shape index (κ1) is 26.3. The smallest absolute Gasteiger partial charge is 0.125 e. The fourth-order valence-corrected chi connectivity index (χ4v) is 3.49. The Balaban J connectivity index is 1.57. The third-order valence-electron chi connectivity index (χ3n) is 5.23. The second kappa shape index (κ2) is 15.8. The van der Waals surface area contributed by atoms with Gasteiger partial charge in [-0.3, -0.25) is 0 Å². The van der Waals surface area contributed by atoms with E-state index in [9.17, 15) is 0 Å². The van der Waals surface area contributed by atoms with Gasteiger partial charge in [-0.05, 0) is 100 Å². The van der Waals surface area contributed by atoms with Crippen LogP contribution in [0.3, 0.4) is 0 Å². The van der Waals surface area contributed by atoms with Crippen molar-refractivity contribution >= 4 is 6.21 Å².